The van der Waals surface area contributed by atoms with E-state index in [0.717, 1.165) is 6.92 Å². The SMILES string of the molecule is CC(=O)[C@]1(O[C@@H]2O[C@H](O)[C@@H](O)[C@H](O)[C@H]2O)[C@@H](O)[C@@H](O)[C@H](O)O[C@]1(C#N)CO. The Kier molecular flexibility index (Phi) is 6.21. The highest BCUT2D eigenvalue weighted by Crippen LogP contribution is 2.43. The van der Waals surface area contributed by atoms with Gasteiger partial charge in [-0.05, 0) is 6.92 Å². The predicted octanol–water partition coefficient (Wildman–Crippen LogP) is -5.59. The Balaban J connectivity index is 2.54. The topological polar surface area (TPSA) is 230 Å². The zero-order valence-electron chi connectivity index (χ0n) is 14.0. The van der Waals surface area contributed by atoms with Crippen molar-refractivity contribution in [3.05, 3.63) is 0 Å². The number of nitrogens with zero attached hydrogens (tertiary/aromatic N) is 1. The number of carbonyl (C=O) groups is 1. The van der Waals surface area contributed by atoms with Crippen LogP contribution in [0.1, 0.15) is 6.92 Å². The summed E-state index contributed by atoms with van der Waals surface area (Å²) in [5, 5.41) is 88.0. The maximum Gasteiger partial charge on any atom is 0.218 e. The van der Waals surface area contributed by atoms with Crippen molar-refractivity contribution >= 4 is 5.78 Å². The zero-order valence-corrected chi connectivity index (χ0v) is 14.0. The Morgan fingerprint density at radius 1 is 1.04 bits per heavy atom. The van der Waals surface area contributed by atoms with Gasteiger partial charge in [0.1, 0.15) is 36.6 Å². The van der Waals surface area contributed by atoms with Crippen molar-refractivity contribution in [2.45, 2.75) is 67.5 Å². The number of hydrogen-bond acceptors (Lipinski definition) is 13. The van der Waals surface area contributed by atoms with Crippen molar-refractivity contribution in [2.75, 3.05) is 6.61 Å². The standard InChI is InChI=1S/C14H21NO12/c1-4(17)14(27-12-7(20)5(18)6(19)10(23)25-12)9(22)8(21)11(24)26-13(14,2-15)3-16/h5-12,16,18-24H,3H2,1H3/t5-,6-,7+,8+,9-,10-,11+,12-,13+,14-/m0/s1. The van der Waals surface area contributed by atoms with Crippen molar-refractivity contribution in [1.82, 2.24) is 0 Å². The summed E-state index contributed by atoms with van der Waals surface area (Å²) in [6.45, 7) is -0.504. The summed E-state index contributed by atoms with van der Waals surface area (Å²) >= 11 is 0. The third-order valence-corrected chi connectivity index (χ3v) is 4.73. The molecule has 0 bridgehead atoms. The number of hydrogen-bond donors (Lipinski definition) is 8. The van der Waals surface area contributed by atoms with Crippen LogP contribution in [0.15, 0.2) is 0 Å². The molecule has 0 aromatic rings. The van der Waals surface area contributed by atoms with Crippen LogP contribution in [0.5, 0.6) is 0 Å². The minimum Gasteiger partial charge on any atom is -0.392 e. The van der Waals surface area contributed by atoms with Crippen molar-refractivity contribution in [3.8, 4) is 6.07 Å². The number of aliphatic hydroxyl groups excluding tert-OH is 8. The van der Waals surface area contributed by atoms with Gasteiger partial charge < -0.3 is 55.1 Å². The molecule has 2 heterocycles. The van der Waals surface area contributed by atoms with E-state index in [1.165, 1.54) is 6.07 Å². The van der Waals surface area contributed by atoms with Crippen LogP contribution >= 0.6 is 0 Å². The average molecular weight is 395 g/mol. The molecule has 27 heavy (non-hydrogen) atoms. The molecule has 0 saturated carbocycles. The molecule has 8 N–H and O–H groups in total. The lowest BCUT2D eigenvalue weighted by molar-refractivity contribution is -0.403. The first-order valence-electron chi connectivity index (χ1n) is 7.79. The maximum absolute atomic E-state index is 12.4. The number of ether oxygens (including phenoxy) is 3. The first-order valence-corrected chi connectivity index (χ1v) is 7.79. The quantitative estimate of drug-likeness (QED) is 0.222. The van der Waals surface area contributed by atoms with Crippen molar-refractivity contribution in [2.24, 2.45) is 0 Å². The van der Waals surface area contributed by atoms with Crippen LogP contribution < -0.4 is 0 Å². The van der Waals surface area contributed by atoms with Crippen molar-refractivity contribution in [1.29, 1.82) is 5.26 Å². The van der Waals surface area contributed by atoms with Gasteiger partial charge in [0, 0.05) is 0 Å². The Labute approximate surface area is 152 Å². The van der Waals surface area contributed by atoms with Crippen LogP contribution in [-0.4, -0.2) is 114 Å². The van der Waals surface area contributed by atoms with Crippen LogP contribution in [0.2, 0.25) is 0 Å². The van der Waals surface area contributed by atoms with Crippen LogP contribution in [0.25, 0.3) is 0 Å². The van der Waals surface area contributed by atoms with Crippen molar-refractivity contribution < 1.29 is 59.9 Å². The number of ketones is 1. The molecule has 154 valence electrons. The van der Waals surface area contributed by atoms with Crippen LogP contribution in [-0.2, 0) is 19.0 Å². The molecule has 0 unspecified atom stereocenters. The molecule has 0 aromatic carbocycles. The Morgan fingerprint density at radius 3 is 2.11 bits per heavy atom. The van der Waals surface area contributed by atoms with Crippen LogP contribution in [0.4, 0.5) is 0 Å². The van der Waals surface area contributed by atoms with Gasteiger partial charge in [0.05, 0.1) is 6.61 Å². The van der Waals surface area contributed by atoms with Crippen molar-refractivity contribution in [3.63, 3.8) is 0 Å². The van der Waals surface area contributed by atoms with E-state index in [1.807, 2.05) is 0 Å². The minimum atomic E-state index is -2.91. The van der Waals surface area contributed by atoms with E-state index < -0.39 is 73.0 Å². The molecule has 0 aromatic heterocycles. The van der Waals surface area contributed by atoms with Crippen LogP contribution in [0.3, 0.4) is 0 Å². The Bertz CT molecular complexity index is 611. The summed E-state index contributed by atoms with van der Waals surface area (Å²) in [5.74, 6) is -1.18. The zero-order chi connectivity index (χ0) is 20.7. The van der Waals surface area contributed by atoms with E-state index in [1.54, 1.807) is 0 Å². The second-order valence-corrected chi connectivity index (χ2v) is 6.32. The van der Waals surface area contributed by atoms with E-state index in [9.17, 15) is 50.9 Å². The Morgan fingerprint density at radius 2 is 1.63 bits per heavy atom. The average Bonchev–Trinajstić information content (AvgIpc) is 2.64. The fourth-order valence-corrected chi connectivity index (χ4v) is 3.15. The lowest BCUT2D eigenvalue weighted by Crippen LogP contribution is -2.78. The maximum atomic E-state index is 12.4. The highest BCUT2D eigenvalue weighted by Gasteiger charge is 2.70. The fourth-order valence-electron chi connectivity index (χ4n) is 3.15. The molecule has 0 radical (unpaired) electrons. The number of aliphatic hydroxyl groups is 8. The van der Waals surface area contributed by atoms with Gasteiger partial charge in [-0.2, -0.15) is 5.26 Å². The first kappa shape index (κ1) is 22.0. The lowest BCUT2D eigenvalue weighted by Gasteiger charge is -2.53. The number of rotatable bonds is 4. The summed E-state index contributed by atoms with van der Waals surface area (Å²) in [5.41, 5.74) is -5.67. The molecule has 0 spiro atoms. The summed E-state index contributed by atoms with van der Waals surface area (Å²) < 4.78 is 14.9. The molecule has 13 nitrogen and oxygen atoms in total. The number of nitriles is 1. The summed E-state index contributed by atoms with van der Waals surface area (Å²) in [6.07, 6.45) is -16.9. The molecule has 2 aliphatic heterocycles. The van der Waals surface area contributed by atoms with Gasteiger partial charge in [0.25, 0.3) is 0 Å². The minimum absolute atomic E-state index is 0.801. The predicted molar refractivity (Wildman–Crippen MR) is 77.9 cm³/mol. The van der Waals surface area contributed by atoms with Gasteiger partial charge in [0.2, 0.25) is 11.2 Å². The third kappa shape index (κ3) is 3.14. The Hall–Kier alpha value is -1.28. The molecule has 13 heteroatoms. The van der Waals surface area contributed by atoms with Crippen LogP contribution in [0, 0.1) is 11.3 Å². The van der Waals surface area contributed by atoms with Gasteiger partial charge >= 0.3 is 0 Å². The van der Waals surface area contributed by atoms with E-state index in [-0.39, 0.29) is 0 Å². The molecule has 2 aliphatic rings. The van der Waals surface area contributed by atoms with Gasteiger partial charge in [-0.25, -0.2) is 0 Å². The smallest absolute Gasteiger partial charge is 0.218 e. The normalized spacial score (nSPS) is 50.8. The van der Waals surface area contributed by atoms with E-state index in [4.69, 9.17) is 14.2 Å². The highest BCUT2D eigenvalue weighted by molar-refractivity contribution is 5.88. The van der Waals surface area contributed by atoms with E-state index >= 15 is 0 Å². The van der Waals surface area contributed by atoms with E-state index in [2.05, 4.69) is 0 Å². The summed E-state index contributed by atoms with van der Waals surface area (Å²) in [6, 6.07) is 1.40. The fraction of sp³-hybridized carbons (Fsp3) is 0.857. The largest absolute Gasteiger partial charge is 0.392 e. The molecule has 2 saturated heterocycles. The molecular weight excluding hydrogens is 374 g/mol. The number of carbonyl (C=O) groups excluding carboxylic acids is 1. The van der Waals surface area contributed by atoms with Gasteiger partial charge in [-0.1, -0.05) is 0 Å². The van der Waals surface area contributed by atoms with Gasteiger partial charge in [-0.15, -0.1) is 0 Å². The number of Topliss-reactive ketones (excluding diaryl/α,β-unsaturated/α-hetero) is 1. The second-order valence-electron chi connectivity index (χ2n) is 6.32. The second kappa shape index (κ2) is 7.62. The first-order chi connectivity index (χ1) is 12.5. The van der Waals surface area contributed by atoms with Gasteiger partial charge in [0.15, 0.2) is 24.7 Å². The monoisotopic (exact) mass is 395 g/mol. The molecule has 10 atom stereocenters. The van der Waals surface area contributed by atoms with E-state index in [0.29, 0.717) is 0 Å². The molecular formula is C14H21NO12. The molecule has 2 fully saturated rings. The molecule has 2 rings (SSSR count). The summed E-state index contributed by atoms with van der Waals surface area (Å²) in [4.78, 5) is 12.4. The molecule has 0 aliphatic carbocycles. The lowest BCUT2D eigenvalue weighted by atomic mass is 9.72. The molecule has 0 amide bonds. The summed E-state index contributed by atoms with van der Waals surface area (Å²) in [7, 11) is 0. The highest BCUT2D eigenvalue weighted by atomic mass is 16.8. The third-order valence-electron chi connectivity index (χ3n) is 4.73. The van der Waals surface area contributed by atoms with Gasteiger partial charge in [-0.3, -0.25) is 4.79 Å².